The van der Waals surface area contributed by atoms with Gasteiger partial charge in [-0.2, -0.15) is 8.42 Å². The van der Waals surface area contributed by atoms with E-state index in [0.717, 1.165) is 16.5 Å². The Hall–Kier alpha value is -2.40. The van der Waals surface area contributed by atoms with Gasteiger partial charge >= 0.3 is 10.1 Å². The second kappa shape index (κ2) is 5.42. The van der Waals surface area contributed by atoms with E-state index >= 15 is 0 Å². The number of para-hydroxylation sites is 1. The maximum atomic E-state index is 12.5. The summed E-state index contributed by atoms with van der Waals surface area (Å²) in [5, 5.41) is 0.772. The van der Waals surface area contributed by atoms with Gasteiger partial charge in [-0.1, -0.05) is 29.8 Å². The van der Waals surface area contributed by atoms with Crippen LogP contribution in [0.1, 0.15) is 11.1 Å². The van der Waals surface area contributed by atoms with Crippen molar-refractivity contribution in [2.75, 3.05) is 0 Å². The molecule has 0 saturated heterocycles. The zero-order valence-corrected chi connectivity index (χ0v) is 13.1. The highest BCUT2D eigenvalue weighted by Gasteiger charge is 2.20. The van der Waals surface area contributed by atoms with Crippen molar-refractivity contribution in [1.29, 1.82) is 0 Å². The van der Waals surface area contributed by atoms with Crippen LogP contribution in [0.15, 0.2) is 59.6 Å². The van der Waals surface area contributed by atoms with Gasteiger partial charge in [-0.15, -0.1) is 0 Å². The Bertz CT molecular complexity index is 932. The molecule has 5 heteroatoms. The lowest BCUT2D eigenvalue weighted by Gasteiger charge is -2.09. The fraction of sp³-hybridized carbons (Fsp3) is 0.118. The van der Waals surface area contributed by atoms with Gasteiger partial charge < -0.3 is 4.18 Å². The lowest BCUT2D eigenvalue weighted by molar-refractivity contribution is 0.487. The van der Waals surface area contributed by atoms with Gasteiger partial charge in [0, 0.05) is 11.6 Å². The molecule has 3 aromatic rings. The van der Waals surface area contributed by atoms with E-state index < -0.39 is 10.1 Å². The highest BCUT2D eigenvalue weighted by atomic mass is 32.2. The van der Waals surface area contributed by atoms with Crippen molar-refractivity contribution in [3.63, 3.8) is 0 Å². The Morgan fingerprint density at radius 3 is 2.41 bits per heavy atom. The molecule has 0 aliphatic rings. The van der Waals surface area contributed by atoms with Crippen LogP contribution in [-0.2, 0) is 10.1 Å². The number of pyridine rings is 1. The average molecular weight is 313 g/mol. The molecule has 0 aliphatic carbocycles. The lowest BCUT2D eigenvalue weighted by atomic mass is 10.2. The third-order valence-electron chi connectivity index (χ3n) is 3.31. The van der Waals surface area contributed by atoms with Crippen molar-refractivity contribution < 1.29 is 12.6 Å². The Morgan fingerprint density at radius 2 is 1.68 bits per heavy atom. The first-order valence-electron chi connectivity index (χ1n) is 6.82. The first-order valence-corrected chi connectivity index (χ1v) is 8.23. The molecule has 112 valence electrons. The predicted octanol–water partition coefficient (Wildman–Crippen LogP) is 3.62. The summed E-state index contributed by atoms with van der Waals surface area (Å²) in [5.41, 5.74) is 2.42. The fourth-order valence-electron chi connectivity index (χ4n) is 2.21. The van der Waals surface area contributed by atoms with E-state index in [2.05, 4.69) is 4.98 Å². The molecule has 0 saturated carbocycles. The number of hydrogen-bond donors (Lipinski definition) is 0. The molecule has 22 heavy (non-hydrogen) atoms. The molecule has 1 heterocycles. The molecule has 2 aromatic carbocycles. The minimum Gasteiger partial charge on any atom is -0.379 e. The molecule has 0 atom stereocenters. The van der Waals surface area contributed by atoms with Gasteiger partial charge in [0.15, 0.2) is 0 Å². The number of rotatable bonds is 3. The molecule has 4 nitrogen and oxygen atoms in total. The van der Waals surface area contributed by atoms with E-state index in [9.17, 15) is 8.42 Å². The maximum Gasteiger partial charge on any atom is 0.341 e. The molecule has 0 spiro atoms. The number of benzene rings is 2. The van der Waals surface area contributed by atoms with Crippen molar-refractivity contribution in [1.82, 2.24) is 4.98 Å². The zero-order valence-electron chi connectivity index (χ0n) is 12.3. The summed E-state index contributed by atoms with van der Waals surface area (Å²) in [6.45, 7) is 3.84. The van der Waals surface area contributed by atoms with Crippen molar-refractivity contribution in [2.45, 2.75) is 18.7 Å². The van der Waals surface area contributed by atoms with Crippen LogP contribution in [0.2, 0.25) is 0 Å². The van der Waals surface area contributed by atoms with E-state index in [-0.39, 0.29) is 10.6 Å². The van der Waals surface area contributed by atoms with Crippen LogP contribution < -0.4 is 4.18 Å². The molecular formula is C17H15NO3S. The Balaban J connectivity index is 2.07. The second-order valence-electron chi connectivity index (χ2n) is 5.19. The normalized spacial score (nSPS) is 11.5. The smallest absolute Gasteiger partial charge is 0.341 e. The predicted molar refractivity (Wildman–Crippen MR) is 85.5 cm³/mol. The highest BCUT2D eigenvalue weighted by Crippen LogP contribution is 2.25. The van der Waals surface area contributed by atoms with E-state index in [1.165, 1.54) is 6.07 Å². The van der Waals surface area contributed by atoms with Gasteiger partial charge in [-0.25, -0.2) is 0 Å². The monoisotopic (exact) mass is 313 g/mol. The van der Waals surface area contributed by atoms with Crippen molar-refractivity contribution in [2.24, 2.45) is 0 Å². The molecule has 0 amide bonds. The number of aromatic nitrogens is 1. The van der Waals surface area contributed by atoms with E-state index in [1.807, 2.05) is 26.0 Å². The molecule has 0 aliphatic heterocycles. The van der Waals surface area contributed by atoms with Gasteiger partial charge in [-0.3, -0.25) is 4.98 Å². The number of aryl methyl sites for hydroxylation is 2. The van der Waals surface area contributed by atoms with Crippen LogP contribution in [0.5, 0.6) is 5.75 Å². The minimum absolute atomic E-state index is 0.0746. The van der Waals surface area contributed by atoms with Gasteiger partial charge in [-0.05, 0) is 43.7 Å². The van der Waals surface area contributed by atoms with Crippen molar-refractivity contribution >= 4 is 21.0 Å². The summed E-state index contributed by atoms with van der Waals surface area (Å²) in [6, 6.07) is 13.8. The molecule has 0 fully saturated rings. The summed E-state index contributed by atoms with van der Waals surface area (Å²) in [4.78, 5) is 4.32. The molecular weight excluding hydrogens is 298 g/mol. The largest absolute Gasteiger partial charge is 0.379 e. The van der Waals surface area contributed by atoms with Crippen molar-refractivity contribution in [3.05, 3.63) is 65.9 Å². The quantitative estimate of drug-likeness (QED) is 0.693. The SMILES string of the molecule is Cc1ccc(OS(=O)(=O)c2cccc3cc(C)cnc23)cc1. The summed E-state index contributed by atoms with van der Waals surface area (Å²) in [7, 11) is -3.93. The molecule has 0 N–H and O–H groups in total. The second-order valence-corrected chi connectivity index (χ2v) is 6.71. The third-order valence-corrected chi connectivity index (χ3v) is 4.59. The van der Waals surface area contributed by atoms with Gasteiger partial charge in [0.2, 0.25) is 0 Å². The van der Waals surface area contributed by atoms with E-state index in [4.69, 9.17) is 4.18 Å². The van der Waals surface area contributed by atoms with Crippen LogP contribution >= 0.6 is 0 Å². The highest BCUT2D eigenvalue weighted by molar-refractivity contribution is 7.87. The fourth-order valence-corrected chi connectivity index (χ4v) is 3.32. The topological polar surface area (TPSA) is 56.3 Å². The Morgan fingerprint density at radius 1 is 0.955 bits per heavy atom. The van der Waals surface area contributed by atoms with Gasteiger partial charge in [0.05, 0.1) is 5.52 Å². The summed E-state index contributed by atoms with van der Waals surface area (Å²) in [5.74, 6) is 0.287. The van der Waals surface area contributed by atoms with Gasteiger partial charge in [0.1, 0.15) is 10.6 Å². The summed E-state index contributed by atoms with van der Waals surface area (Å²) < 4.78 is 30.3. The first kappa shape index (κ1) is 14.5. The molecule has 0 radical (unpaired) electrons. The van der Waals surface area contributed by atoms with Crippen LogP contribution in [0.3, 0.4) is 0 Å². The molecule has 3 rings (SSSR count). The Labute approximate surface area is 129 Å². The summed E-state index contributed by atoms with van der Waals surface area (Å²) in [6.07, 6.45) is 1.65. The van der Waals surface area contributed by atoms with Crippen LogP contribution in [0, 0.1) is 13.8 Å². The van der Waals surface area contributed by atoms with Crippen LogP contribution in [-0.4, -0.2) is 13.4 Å². The number of hydrogen-bond acceptors (Lipinski definition) is 4. The molecule has 0 unspecified atom stereocenters. The van der Waals surface area contributed by atoms with Crippen molar-refractivity contribution in [3.8, 4) is 5.75 Å². The third kappa shape index (κ3) is 2.80. The lowest BCUT2D eigenvalue weighted by Crippen LogP contribution is -2.10. The van der Waals surface area contributed by atoms with E-state index in [0.29, 0.717) is 5.52 Å². The first-order chi connectivity index (χ1) is 10.5. The minimum atomic E-state index is -3.93. The average Bonchev–Trinajstić information content (AvgIpc) is 2.48. The molecule has 1 aromatic heterocycles. The standard InChI is InChI=1S/C17H15NO3S/c1-12-6-8-15(9-7-12)21-22(19,20)16-5-3-4-14-10-13(2)11-18-17(14)16/h3-11H,1-2H3. The van der Waals surface area contributed by atoms with Crippen LogP contribution in [0.25, 0.3) is 10.9 Å². The van der Waals surface area contributed by atoms with Gasteiger partial charge in [0.25, 0.3) is 0 Å². The molecule has 0 bridgehead atoms. The number of fused-ring (bicyclic) bond motifs is 1. The Kier molecular flexibility index (Phi) is 3.58. The summed E-state index contributed by atoms with van der Waals surface area (Å²) >= 11 is 0. The maximum absolute atomic E-state index is 12.5. The van der Waals surface area contributed by atoms with Crippen LogP contribution in [0.4, 0.5) is 0 Å². The number of nitrogens with zero attached hydrogens (tertiary/aromatic N) is 1. The zero-order chi connectivity index (χ0) is 15.7. The van der Waals surface area contributed by atoms with E-state index in [1.54, 1.807) is 36.5 Å².